The first-order valence-corrected chi connectivity index (χ1v) is 9.86. The molecule has 1 unspecified atom stereocenters. The van der Waals surface area contributed by atoms with E-state index in [0.29, 0.717) is 13.1 Å². The van der Waals surface area contributed by atoms with Crippen molar-refractivity contribution in [1.82, 2.24) is 9.21 Å². The summed E-state index contributed by atoms with van der Waals surface area (Å²) >= 11 is 0. The highest BCUT2D eigenvalue weighted by atomic mass is 32.2. The van der Waals surface area contributed by atoms with Crippen LogP contribution in [0.4, 0.5) is 5.69 Å². The van der Waals surface area contributed by atoms with Crippen LogP contribution in [0.25, 0.3) is 0 Å². The van der Waals surface area contributed by atoms with Crippen molar-refractivity contribution in [2.24, 2.45) is 0 Å². The van der Waals surface area contributed by atoms with Crippen LogP contribution in [-0.2, 0) is 10.0 Å². The number of rotatable bonds is 5. The maximum Gasteiger partial charge on any atom is 0.271 e. The first-order valence-electron chi connectivity index (χ1n) is 8.42. The van der Waals surface area contributed by atoms with Gasteiger partial charge in [-0.25, -0.2) is 8.42 Å². The van der Waals surface area contributed by atoms with Gasteiger partial charge in [-0.3, -0.25) is 10.1 Å². The molecule has 9 heteroatoms. The van der Waals surface area contributed by atoms with Crippen molar-refractivity contribution in [2.75, 3.05) is 33.8 Å². The van der Waals surface area contributed by atoms with Crippen molar-refractivity contribution in [3.05, 3.63) is 64.2 Å². The molecule has 1 fully saturated rings. The van der Waals surface area contributed by atoms with E-state index in [1.165, 1.54) is 23.5 Å². The van der Waals surface area contributed by atoms with Crippen LogP contribution in [0.2, 0.25) is 0 Å². The highest BCUT2D eigenvalue weighted by molar-refractivity contribution is 7.89. The molecular weight excluding hydrogens is 370 g/mol. The van der Waals surface area contributed by atoms with Gasteiger partial charge in [0.1, 0.15) is 10.6 Å². The summed E-state index contributed by atoms with van der Waals surface area (Å²) in [4.78, 5) is 12.4. The highest BCUT2D eigenvalue weighted by Crippen LogP contribution is 2.36. The fraction of sp³-hybridized carbons (Fsp3) is 0.333. The second-order valence-electron chi connectivity index (χ2n) is 6.40. The molecule has 0 aromatic heterocycles. The van der Waals surface area contributed by atoms with Gasteiger partial charge in [-0.1, -0.05) is 30.3 Å². The van der Waals surface area contributed by atoms with Crippen LogP contribution in [0.15, 0.2) is 53.4 Å². The smallest absolute Gasteiger partial charge is 0.271 e. The van der Waals surface area contributed by atoms with E-state index in [4.69, 9.17) is 4.74 Å². The molecule has 1 heterocycles. The molecule has 0 aliphatic carbocycles. The zero-order valence-corrected chi connectivity index (χ0v) is 15.9. The van der Waals surface area contributed by atoms with Gasteiger partial charge in [-0.15, -0.1) is 0 Å². The Bertz CT molecular complexity index is 933. The monoisotopic (exact) mass is 391 g/mol. The lowest BCUT2D eigenvalue weighted by Gasteiger charge is -2.39. The average Bonchev–Trinajstić information content (AvgIpc) is 2.67. The number of likely N-dealkylation sites (N-methyl/N-ethyl adjacent to an activating group) is 1. The lowest BCUT2D eigenvalue weighted by Crippen LogP contribution is -2.49. The second-order valence-corrected chi connectivity index (χ2v) is 8.26. The van der Waals surface area contributed by atoms with E-state index in [9.17, 15) is 18.5 Å². The fourth-order valence-corrected chi connectivity index (χ4v) is 5.02. The van der Waals surface area contributed by atoms with Gasteiger partial charge in [0, 0.05) is 31.8 Å². The van der Waals surface area contributed by atoms with Gasteiger partial charge in [0.05, 0.1) is 18.1 Å². The maximum absolute atomic E-state index is 13.4. The van der Waals surface area contributed by atoms with Gasteiger partial charge in [0.2, 0.25) is 10.0 Å². The summed E-state index contributed by atoms with van der Waals surface area (Å²) in [5.41, 5.74) is 0.580. The lowest BCUT2D eigenvalue weighted by molar-refractivity contribution is -0.385. The SMILES string of the molecule is COc1ccc([N+](=O)[O-])cc1S(=O)(=O)N1CCN(C)CC1c1ccccc1. The molecule has 0 radical (unpaired) electrons. The van der Waals surface area contributed by atoms with Crippen molar-refractivity contribution in [2.45, 2.75) is 10.9 Å². The van der Waals surface area contributed by atoms with Crippen LogP contribution in [0.5, 0.6) is 5.75 Å². The van der Waals surface area contributed by atoms with E-state index < -0.39 is 14.9 Å². The van der Waals surface area contributed by atoms with Crippen LogP contribution in [0, 0.1) is 10.1 Å². The normalized spacial score (nSPS) is 19.0. The molecule has 2 aromatic rings. The number of piperazine rings is 1. The molecule has 1 atom stereocenters. The molecule has 0 amide bonds. The Morgan fingerprint density at radius 2 is 1.85 bits per heavy atom. The average molecular weight is 391 g/mol. The molecule has 0 saturated carbocycles. The predicted octanol–water partition coefficient (Wildman–Crippen LogP) is 2.28. The Kier molecular flexibility index (Phi) is 5.45. The summed E-state index contributed by atoms with van der Waals surface area (Å²) in [7, 11) is -0.720. The summed E-state index contributed by atoms with van der Waals surface area (Å²) < 4.78 is 33.5. The molecule has 27 heavy (non-hydrogen) atoms. The minimum atomic E-state index is -4.00. The van der Waals surface area contributed by atoms with Crippen LogP contribution >= 0.6 is 0 Å². The minimum Gasteiger partial charge on any atom is -0.495 e. The topological polar surface area (TPSA) is 93.0 Å². The fourth-order valence-electron chi connectivity index (χ4n) is 3.24. The van der Waals surface area contributed by atoms with Gasteiger partial charge in [-0.2, -0.15) is 4.31 Å². The second kappa shape index (κ2) is 7.63. The number of non-ortho nitro benzene ring substituents is 1. The van der Waals surface area contributed by atoms with Crippen LogP contribution in [0.1, 0.15) is 11.6 Å². The van der Waals surface area contributed by atoms with E-state index in [0.717, 1.165) is 11.6 Å². The summed E-state index contributed by atoms with van der Waals surface area (Å²) in [6.07, 6.45) is 0. The molecule has 8 nitrogen and oxygen atoms in total. The standard InChI is InChI=1S/C18H21N3O5S/c1-19-10-11-20(16(13-19)14-6-4-3-5-7-14)27(24,25)18-12-15(21(22)23)8-9-17(18)26-2/h3-9,12,16H,10-11,13H2,1-2H3. The van der Waals surface area contributed by atoms with E-state index in [2.05, 4.69) is 4.90 Å². The molecular formula is C18H21N3O5S. The molecule has 1 aliphatic heterocycles. The highest BCUT2D eigenvalue weighted by Gasteiger charge is 2.38. The van der Waals surface area contributed by atoms with Crippen LogP contribution in [-0.4, -0.2) is 56.3 Å². The Hall–Kier alpha value is -2.49. The number of hydrogen-bond acceptors (Lipinski definition) is 6. The van der Waals surface area contributed by atoms with Gasteiger partial charge in [-0.05, 0) is 18.7 Å². The zero-order valence-electron chi connectivity index (χ0n) is 15.1. The van der Waals surface area contributed by atoms with E-state index >= 15 is 0 Å². The number of ether oxygens (including phenoxy) is 1. The molecule has 0 N–H and O–H groups in total. The van der Waals surface area contributed by atoms with E-state index in [1.54, 1.807) is 0 Å². The number of nitrogens with zero attached hydrogens (tertiary/aromatic N) is 3. The summed E-state index contributed by atoms with van der Waals surface area (Å²) in [5, 5.41) is 11.1. The lowest BCUT2D eigenvalue weighted by atomic mass is 10.1. The largest absolute Gasteiger partial charge is 0.495 e. The van der Waals surface area contributed by atoms with E-state index in [1.807, 2.05) is 37.4 Å². The number of benzene rings is 2. The van der Waals surface area contributed by atoms with Crippen molar-refractivity contribution in [1.29, 1.82) is 0 Å². The summed E-state index contributed by atoms with van der Waals surface area (Å²) in [6, 6.07) is 12.6. The molecule has 3 rings (SSSR count). The number of nitro groups is 1. The molecule has 1 aliphatic rings. The number of hydrogen-bond donors (Lipinski definition) is 0. The Morgan fingerprint density at radius 3 is 2.48 bits per heavy atom. The van der Waals surface area contributed by atoms with Gasteiger partial charge < -0.3 is 9.64 Å². The first-order chi connectivity index (χ1) is 12.8. The first kappa shape index (κ1) is 19.3. The quantitative estimate of drug-likeness (QED) is 0.573. The molecule has 2 aromatic carbocycles. The van der Waals surface area contributed by atoms with Crippen LogP contribution < -0.4 is 4.74 Å². The van der Waals surface area contributed by atoms with Crippen molar-refractivity contribution < 1.29 is 18.1 Å². The van der Waals surface area contributed by atoms with Crippen LogP contribution in [0.3, 0.4) is 0 Å². The molecule has 144 valence electrons. The predicted molar refractivity (Wildman–Crippen MR) is 100 cm³/mol. The summed E-state index contributed by atoms with van der Waals surface area (Å²) in [6.45, 7) is 1.38. The van der Waals surface area contributed by atoms with Crippen molar-refractivity contribution in [3.8, 4) is 5.75 Å². The third-order valence-electron chi connectivity index (χ3n) is 4.66. The summed E-state index contributed by atoms with van der Waals surface area (Å²) in [5.74, 6) is 0.0892. The zero-order chi connectivity index (χ0) is 19.6. The van der Waals surface area contributed by atoms with Gasteiger partial charge in [0.25, 0.3) is 5.69 Å². The van der Waals surface area contributed by atoms with Crippen molar-refractivity contribution >= 4 is 15.7 Å². The Balaban J connectivity index is 2.09. The Labute approximate surface area is 158 Å². The number of nitro benzene ring substituents is 1. The van der Waals surface area contributed by atoms with Gasteiger partial charge >= 0.3 is 0 Å². The molecule has 0 bridgehead atoms. The third-order valence-corrected chi connectivity index (χ3v) is 6.59. The van der Waals surface area contributed by atoms with E-state index in [-0.39, 0.29) is 28.9 Å². The van der Waals surface area contributed by atoms with Gasteiger partial charge in [0.15, 0.2) is 0 Å². The minimum absolute atomic E-state index is 0.0892. The van der Waals surface area contributed by atoms with Crippen molar-refractivity contribution in [3.63, 3.8) is 0 Å². The third kappa shape index (κ3) is 3.80. The molecule has 0 spiro atoms. The molecule has 1 saturated heterocycles. The number of sulfonamides is 1. The maximum atomic E-state index is 13.4. The number of methoxy groups -OCH3 is 1. The Morgan fingerprint density at radius 1 is 1.15 bits per heavy atom.